The molecule has 0 atom stereocenters. The normalized spacial score (nSPS) is 10.7. The molecule has 0 unspecified atom stereocenters. The van der Waals surface area contributed by atoms with E-state index >= 15 is 0 Å². The lowest BCUT2D eigenvalue weighted by atomic mass is 10.2. The van der Waals surface area contributed by atoms with Crippen molar-refractivity contribution >= 4 is 12.0 Å². The van der Waals surface area contributed by atoms with E-state index in [1.54, 1.807) is 7.11 Å². The maximum absolute atomic E-state index is 10.6. The van der Waals surface area contributed by atoms with Gasteiger partial charge in [-0.05, 0) is 24.3 Å². The quantitative estimate of drug-likeness (QED) is 0.383. The molecule has 130 valence electrons. The fourth-order valence-corrected chi connectivity index (χ4v) is 1.82. The zero-order chi connectivity index (χ0) is 16.8. The summed E-state index contributed by atoms with van der Waals surface area (Å²) >= 11 is 0. The average molecular weight is 325 g/mol. The lowest BCUT2D eigenvalue weighted by Crippen LogP contribution is -2.23. The topological polar surface area (TPSA) is 57.2 Å². The smallest absolute Gasteiger partial charge is 0.150 e. The molecule has 0 aliphatic carbocycles. The van der Waals surface area contributed by atoms with Gasteiger partial charge in [-0.2, -0.15) is 0 Å². The number of hydrogen-bond donors (Lipinski definition) is 0. The summed E-state index contributed by atoms with van der Waals surface area (Å²) in [6.07, 6.45) is 0.843. The molecule has 0 radical (unpaired) electrons. The van der Waals surface area contributed by atoms with E-state index in [0.29, 0.717) is 51.8 Å². The SMILES string of the molecule is COCCOCCOCCOCCN(C)c1ccc(C=O)cc1. The van der Waals surface area contributed by atoms with E-state index in [1.807, 2.05) is 31.3 Å². The van der Waals surface area contributed by atoms with Crippen LogP contribution in [0.4, 0.5) is 5.69 Å². The van der Waals surface area contributed by atoms with Crippen LogP contribution in [0.3, 0.4) is 0 Å². The number of methoxy groups -OCH3 is 1. The minimum absolute atomic E-state index is 0.561. The largest absolute Gasteiger partial charge is 0.382 e. The van der Waals surface area contributed by atoms with Crippen LogP contribution < -0.4 is 4.90 Å². The Bertz CT molecular complexity index is 410. The van der Waals surface area contributed by atoms with E-state index in [1.165, 1.54) is 0 Å². The van der Waals surface area contributed by atoms with Gasteiger partial charge in [0.25, 0.3) is 0 Å². The van der Waals surface area contributed by atoms with E-state index in [0.717, 1.165) is 18.5 Å². The van der Waals surface area contributed by atoms with Crippen molar-refractivity contribution < 1.29 is 23.7 Å². The Hall–Kier alpha value is -1.47. The number of anilines is 1. The van der Waals surface area contributed by atoms with Crippen molar-refractivity contribution in [3.63, 3.8) is 0 Å². The van der Waals surface area contributed by atoms with Gasteiger partial charge in [0.1, 0.15) is 6.29 Å². The molecular weight excluding hydrogens is 298 g/mol. The van der Waals surface area contributed by atoms with Crippen molar-refractivity contribution in [1.29, 1.82) is 0 Å². The molecule has 1 aromatic rings. The Labute approximate surface area is 138 Å². The summed E-state index contributed by atoms with van der Waals surface area (Å²) in [5, 5.41) is 0. The first kappa shape index (κ1) is 19.6. The lowest BCUT2D eigenvalue weighted by molar-refractivity contribution is 0.00462. The number of nitrogens with zero attached hydrogens (tertiary/aromatic N) is 1. The number of rotatable bonds is 14. The second-order valence-corrected chi connectivity index (χ2v) is 4.96. The van der Waals surface area contributed by atoms with Crippen LogP contribution in [-0.4, -0.2) is 73.2 Å². The minimum atomic E-state index is 0.561. The molecule has 0 saturated heterocycles. The highest BCUT2D eigenvalue weighted by Crippen LogP contribution is 2.12. The van der Waals surface area contributed by atoms with E-state index < -0.39 is 0 Å². The number of carbonyl (C=O) groups excluding carboxylic acids is 1. The Morgan fingerprint density at radius 1 is 0.870 bits per heavy atom. The van der Waals surface area contributed by atoms with Gasteiger partial charge in [-0.15, -0.1) is 0 Å². The highest BCUT2D eigenvalue weighted by atomic mass is 16.6. The van der Waals surface area contributed by atoms with Gasteiger partial charge in [0.2, 0.25) is 0 Å². The third kappa shape index (κ3) is 9.30. The average Bonchev–Trinajstić information content (AvgIpc) is 2.59. The van der Waals surface area contributed by atoms with Crippen LogP contribution >= 0.6 is 0 Å². The first-order valence-corrected chi connectivity index (χ1v) is 7.76. The van der Waals surface area contributed by atoms with Gasteiger partial charge in [-0.3, -0.25) is 4.79 Å². The highest BCUT2D eigenvalue weighted by molar-refractivity contribution is 5.75. The zero-order valence-corrected chi connectivity index (χ0v) is 14.0. The fourth-order valence-electron chi connectivity index (χ4n) is 1.82. The Balaban J connectivity index is 1.96. The predicted octanol–water partition coefficient (Wildman–Crippen LogP) is 1.63. The monoisotopic (exact) mass is 325 g/mol. The second kappa shape index (κ2) is 13.0. The van der Waals surface area contributed by atoms with Crippen molar-refractivity contribution in [2.45, 2.75) is 0 Å². The molecule has 0 bridgehead atoms. The molecule has 0 aromatic heterocycles. The molecule has 6 nitrogen and oxygen atoms in total. The van der Waals surface area contributed by atoms with Crippen LogP contribution in [0.5, 0.6) is 0 Å². The molecule has 0 saturated carbocycles. The van der Waals surface area contributed by atoms with Crippen molar-refractivity contribution in [3.05, 3.63) is 29.8 Å². The third-order valence-corrected chi connectivity index (χ3v) is 3.22. The summed E-state index contributed by atoms with van der Waals surface area (Å²) in [4.78, 5) is 12.7. The zero-order valence-electron chi connectivity index (χ0n) is 14.0. The van der Waals surface area contributed by atoms with Crippen molar-refractivity contribution in [3.8, 4) is 0 Å². The Morgan fingerprint density at radius 3 is 1.91 bits per heavy atom. The minimum Gasteiger partial charge on any atom is -0.382 e. The summed E-state index contributed by atoms with van der Waals surface area (Å²) in [5.74, 6) is 0. The Morgan fingerprint density at radius 2 is 1.39 bits per heavy atom. The maximum atomic E-state index is 10.6. The molecule has 0 N–H and O–H groups in total. The lowest BCUT2D eigenvalue weighted by Gasteiger charge is -2.19. The molecule has 0 heterocycles. The molecule has 1 aromatic carbocycles. The predicted molar refractivity (Wildman–Crippen MR) is 89.4 cm³/mol. The molecular formula is C17H27NO5. The molecule has 0 spiro atoms. The van der Waals surface area contributed by atoms with Gasteiger partial charge in [-0.25, -0.2) is 0 Å². The van der Waals surface area contributed by atoms with Gasteiger partial charge >= 0.3 is 0 Å². The summed E-state index contributed by atoms with van der Waals surface area (Å²) < 4.78 is 21.1. The van der Waals surface area contributed by atoms with Crippen molar-refractivity contribution in [1.82, 2.24) is 0 Å². The first-order valence-electron chi connectivity index (χ1n) is 7.76. The van der Waals surface area contributed by atoms with E-state index in [2.05, 4.69) is 4.90 Å². The van der Waals surface area contributed by atoms with Crippen LogP contribution in [0.2, 0.25) is 0 Å². The standard InChI is InChI=1S/C17H27NO5/c1-18(17-5-3-16(15-19)4-6-17)7-8-21-11-12-23-14-13-22-10-9-20-2/h3-6,15H,7-14H2,1-2H3. The molecule has 0 aliphatic rings. The van der Waals surface area contributed by atoms with Crippen molar-refractivity contribution in [2.75, 3.05) is 71.9 Å². The summed E-state index contributed by atoms with van der Waals surface area (Å²) in [5.41, 5.74) is 1.74. The summed E-state index contributed by atoms with van der Waals surface area (Å²) in [7, 11) is 3.64. The van der Waals surface area contributed by atoms with Gasteiger partial charge in [-0.1, -0.05) is 0 Å². The van der Waals surface area contributed by atoms with E-state index in [9.17, 15) is 4.79 Å². The van der Waals surface area contributed by atoms with Crippen LogP contribution in [0, 0.1) is 0 Å². The molecule has 0 amide bonds. The van der Waals surface area contributed by atoms with Crippen molar-refractivity contribution in [2.24, 2.45) is 0 Å². The van der Waals surface area contributed by atoms with Crippen LogP contribution in [0.25, 0.3) is 0 Å². The van der Waals surface area contributed by atoms with Crippen LogP contribution in [0.1, 0.15) is 10.4 Å². The number of hydrogen-bond acceptors (Lipinski definition) is 6. The Kier molecular flexibility index (Phi) is 11.1. The number of benzene rings is 1. The number of aldehydes is 1. The number of ether oxygens (including phenoxy) is 4. The maximum Gasteiger partial charge on any atom is 0.150 e. The highest BCUT2D eigenvalue weighted by Gasteiger charge is 2.00. The second-order valence-electron chi connectivity index (χ2n) is 4.96. The van der Waals surface area contributed by atoms with E-state index in [4.69, 9.17) is 18.9 Å². The van der Waals surface area contributed by atoms with Gasteiger partial charge in [0.05, 0.1) is 46.2 Å². The van der Waals surface area contributed by atoms with Gasteiger partial charge in [0.15, 0.2) is 0 Å². The van der Waals surface area contributed by atoms with Crippen LogP contribution in [-0.2, 0) is 18.9 Å². The summed E-state index contributed by atoms with van der Waals surface area (Å²) in [6.45, 7) is 4.87. The first-order chi connectivity index (χ1) is 11.3. The van der Waals surface area contributed by atoms with Gasteiger partial charge in [0, 0.05) is 32.0 Å². The van der Waals surface area contributed by atoms with Crippen LogP contribution in [0.15, 0.2) is 24.3 Å². The molecule has 6 heteroatoms. The van der Waals surface area contributed by atoms with E-state index in [-0.39, 0.29) is 0 Å². The summed E-state index contributed by atoms with van der Waals surface area (Å²) in [6, 6.07) is 7.47. The molecule has 23 heavy (non-hydrogen) atoms. The molecule has 0 aliphatic heterocycles. The fraction of sp³-hybridized carbons (Fsp3) is 0.588. The molecule has 1 rings (SSSR count). The molecule has 0 fully saturated rings. The number of carbonyl (C=O) groups is 1. The number of likely N-dealkylation sites (N-methyl/N-ethyl adjacent to an activating group) is 1. The van der Waals surface area contributed by atoms with Gasteiger partial charge < -0.3 is 23.8 Å². The third-order valence-electron chi connectivity index (χ3n) is 3.22.